The van der Waals surface area contributed by atoms with Crippen LogP contribution in [0.25, 0.3) is 0 Å². The lowest BCUT2D eigenvalue weighted by Gasteiger charge is -2.57. The van der Waals surface area contributed by atoms with Gasteiger partial charge in [0.15, 0.2) is 0 Å². The van der Waals surface area contributed by atoms with Crippen LogP contribution in [0.1, 0.15) is 44.2 Å². The highest BCUT2D eigenvalue weighted by atomic mass is 16.5. The minimum Gasteiger partial charge on any atom is -0.468 e. The Hall–Kier alpha value is -1.36. The molecule has 4 fully saturated rings. The van der Waals surface area contributed by atoms with Gasteiger partial charge in [-0.2, -0.15) is 0 Å². The number of H-pyrrole nitrogens is 1. The van der Waals surface area contributed by atoms with E-state index in [1.54, 1.807) is 12.5 Å². The Morgan fingerprint density at radius 3 is 2.50 bits per heavy atom. The van der Waals surface area contributed by atoms with Gasteiger partial charge in [-0.15, -0.1) is 0 Å². The quantitative estimate of drug-likeness (QED) is 0.817. The number of ether oxygens (including phenoxy) is 1. The van der Waals surface area contributed by atoms with E-state index in [0.29, 0.717) is 6.42 Å². The first-order chi connectivity index (χ1) is 10.7. The smallest absolute Gasteiger partial charge is 0.323 e. The standard InChI is InChI=1S/C17H25N3O2/c1-22-16(21)15(5-14-9-18-10-19-14)20-17-6-11-2-12(7-17)4-13(3-11)8-17/h9-13,15,20H,2-8H2,1H3,(H,18,19)/t11?,12?,13?,15-,17?/m0/s1. The average molecular weight is 303 g/mol. The van der Waals surface area contributed by atoms with Gasteiger partial charge in [0.1, 0.15) is 6.04 Å². The number of nitrogens with zero attached hydrogens (tertiary/aromatic N) is 1. The maximum absolute atomic E-state index is 12.2. The number of nitrogens with one attached hydrogen (secondary N) is 2. The molecule has 4 aliphatic rings. The van der Waals surface area contributed by atoms with E-state index in [2.05, 4.69) is 15.3 Å². The van der Waals surface area contributed by atoms with Crippen molar-refractivity contribution in [2.75, 3.05) is 7.11 Å². The molecule has 1 atom stereocenters. The van der Waals surface area contributed by atoms with Crippen molar-refractivity contribution < 1.29 is 9.53 Å². The van der Waals surface area contributed by atoms with Crippen LogP contribution in [0.15, 0.2) is 12.5 Å². The fourth-order valence-electron chi connectivity index (χ4n) is 5.61. The fourth-order valence-corrected chi connectivity index (χ4v) is 5.61. The highest BCUT2D eigenvalue weighted by Crippen LogP contribution is 2.55. The lowest BCUT2D eigenvalue weighted by molar-refractivity contribution is -0.145. The summed E-state index contributed by atoms with van der Waals surface area (Å²) in [4.78, 5) is 19.4. The van der Waals surface area contributed by atoms with E-state index >= 15 is 0 Å². The van der Waals surface area contributed by atoms with E-state index in [0.717, 1.165) is 23.4 Å². The molecule has 4 bridgehead atoms. The van der Waals surface area contributed by atoms with E-state index in [9.17, 15) is 4.79 Å². The topological polar surface area (TPSA) is 67.0 Å². The fraction of sp³-hybridized carbons (Fsp3) is 0.765. The van der Waals surface area contributed by atoms with Crippen molar-refractivity contribution in [1.29, 1.82) is 0 Å². The van der Waals surface area contributed by atoms with Gasteiger partial charge in [0.25, 0.3) is 0 Å². The highest BCUT2D eigenvalue weighted by molar-refractivity contribution is 5.76. The van der Waals surface area contributed by atoms with Gasteiger partial charge in [0.05, 0.1) is 13.4 Å². The number of esters is 1. The highest BCUT2D eigenvalue weighted by Gasteiger charge is 2.51. The molecule has 0 amide bonds. The third-order valence-corrected chi connectivity index (χ3v) is 5.98. The van der Waals surface area contributed by atoms with Crippen LogP contribution in [0.2, 0.25) is 0 Å². The van der Waals surface area contributed by atoms with Gasteiger partial charge in [-0.25, -0.2) is 4.98 Å². The molecule has 1 aromatic heterocycles. The van der Waals surface area contributed by atoms with E-state index < -0.39 is 0 Å². The summed E-state index contributed by atoms with van der Waals surface area (Å²) in [7, 11) is 1.48. The maximum atomic E-state index is 12.2. The van der Waals surface area contributed by atoms with Crippen molar-refractivity contribution in [2.45, 2.75) is 56.5 Å². The van der Waals surface area contributed by atoms with Crippen molar-refractivity contribution in [2.24, 2.45) is 17.8 Å². The summed E-state index contributed by atoms with van der Waals surface area (Å²) in [5, 5.41) is 3.73. The van der Waals surface area contributed by atoms with E-state index in [1.807, 2.05) is 0 Å². The number of imidazole rings is 1. The SMILES string of the molecule is COC(=O)[C@H](Cc1cnc[nH]1)NC12CC3CC(CC(C3)C1)C2. The largest absolute Gasteiger partial charge is 0.468 e. The zero-order valence-electron chi connectivity index (χ0n) is 13.2. The van der Waals surface area contributed by atoms with Crippen LogP contribution in [0.4, 0.5) is 0 Å². The summed E-state index contributed by atoms with van der Waals surface area (Å²) < 4.78 is 5.04. The Balaban J connectivity index is 1.52. The molecule has 0 unspecified atom stereocenters. The van der Waals surface area contributed by atoms with Crippen LogP contribution in [0, 0.1) is 17.8 Å². The molecule has 22 heavy (non-hydrogen) atoms. The van der Waals surface area contributed by atoms with Crippen LogP contribution < -0.4 is 5.32 Å². The lowest BCUT2D eigenvalue weighted by Crippen LogP contribution is -2.62. The minimum absolute atomic E-state index is 0.160. The molecule has 0 aliphatic heterocycles. The average Bonchev–Trinajstić information content (AvgIpc) is 2.97. The molecule has 4 aliphatic carbocycles. The molecule has 2 N–H and O–H groups in total. The van der Waals surface area contributed by atoms with Crippen LogP contribution in [0.5, 0.6) is 0 Å². The van der Waals surface area contributed by atoms with Crippen LogP contribution in [-0.2, 0) is 16.0 Å². The zero-order valence-corrected chi connectivity index (χ0v) is 13.2. The second kappa shape index (κ2) is 5.37. The number of carbonyl (C=O) groups is 1. The Kier molecular flexibility index (Phi) is 3.48. The second-order valence-corrected chi connectivity index (χ2v) is 7.70. The van der Waals surface area contributed by atoms with Crippen molar-refractivity contribution in [3.63, 3.8) is 0 Å². The molecule has 5 rings (SSSR count). The van der Waals surface area contributed by atoms with Gasteiger partial charge in [0, 0.05) is 23.9 Å². The van der Waals surface area contributed by atoms with Crippen molar-refractivity contribution >= 4 is 5.97 Å². The first kappa shape index (κ1) is 14.2. The first-order valence-electron chi connectivity index (χ1n) is 8.48. The zero-order chi connectivity index (χ0) is 15.2. The third-order valence-electron chi connectivity index (χ3n) is 5.98. The lowest BCUT2D eigenvalue weighted by atomic mass is 9.53. The van der Waals surface area contributed by atoms with Gasteiger partial charge in [-0.3, -0.25) is 10.1 Å². The molecule has 5 nitrogen and oxygen atoms in total. The van der Waals surface area contributed by atoms with E-state index in [1.165, 1.54) is 45.6 Å². The summed E-state index contributed by atoms with van der Waals surface area (Å²) in [6, 6.07) is -0.276. The van der Waals surface area contributed by atoms with Crippen LogP contribution in [-0.4, -0.2) is 34.6 Å². The maximum Gasteiger partial charge on any atom is 0.323 e. The molecule has 0 spiro atoms. The van der Waals surface area contributed by atoms with Crippen molar-refractivity contribution in [3.8, 4) is 0 Å². The number of carbonyl (C=O) groups excluding carboxylic acids is 1. The van der Waals surface area contributed by atoms with Gasteiger partial charge in [-0.1, -0.05) is 0 Å². The summed E-state index contributed by atoms with van der Waals surface area (Å²) in [6.07, 6.45) is 12.0. The van der Waals surface area contributed by atoms with Crippen molar-refractivity contribution in [3.05, 3.63) is 18.2 Å². The Morgan fingerprint density at radius 2 is 2.00 bits per heavy atom. The molecular weight excluding hydrogens is 278 g/mol. The van der Waals surface area contributed by atoms with E-state index in [4.69, 9.17) is 4.74 Å². The first-order valence-corrected chi connectivity index (χ1v) is 8.48. The predicted octanol–water partition coefficient (Wildman–Crippen LogP) is 2.05. The summed E-state index contributed by atoms with van der Waals surface area (Å²) in [5.41, 5.74) is 1.14. The third kappa shape index (κ3) is 2.56. The van der Waals surface area contributed by atoms with E-state index in [-0.39, 0.29) is 17.6 Å². The van der Waals surface area contributed by atoms with Gasteiger partial charge in [-0.05, 0) is 56.3 Å². The second-order valence-electron chi connectivity index (χ2n) is 7.70. The Morgan fingerprint density at radius 1 is 1.36 bits per heavy atom. The molecule has 4 saturated carbocycles. The number of aromatic nitrogens is 2. The molecule has 1 heterocycles. The molecule has 5 heteroatoms. The summed E-state index contributed by atoms with van der Waals surface area (Å²) in [5.74, 6) is 2.43. The molecule has 0 radical (unpaired) electrons. The number of hydrogen-bond acceptors (Lipinski definition) is 4. The Labute approximate surface area is 131 Å². The predicted molar refractivity (Wildman–Crippen MR) is 82.1 cm³/mol. The number of hydrogen-bond donors (Lipinski definition) is 2. The van der Waals surface area contributed by atoms with Crippen molar-refractivity contribution in [1.82, 2.24) is 15.3 Å². The normalized spacial score (nSPS) is 37.2. The number of aromatic amines is 1. The molecule has 0 aromatic carbocycles. The number of methoxy groups -OCH3 is 1. The summed E-state index contributed by atoms with van der Waals surface area (Å²) >= 11 is 0. The minimum atomic E-state index is -0.276. The van der Waals surface area contributed by atoms with Gasteiger partial charge < -0.3 is 9.72 Å². The van der Waals surface area contributed by atoms with Gasteiger partial charge >= 0.3 is 5.97 Å². The Bertz CT molecular complexity index is 505. The molecule has 0 saturated heterocycles. The van der Waals surface area contributed by atoms with Crippen LogP contribution >= 0.6 is 0 Å². The molecule has 120 valence electrons. The van der Waals surface area contributed by atoms with Gasteiger partial charge in [0.2, 0.25) is 0 Å². The number of rotatable bonds is 5. The molecule has 1 aromatic rings. The molecular formula is C17H25N3O2. The monoisotopic (exact) mass is 303 g/mol. The summed E-state index contributed by atoms with van der Waals surface area (Å²) in [6.45, 7) is 0. The van der Waals surface area contributed by atoms with Crippen LogP contribution in [0.3, 0.4) is 0 Å².